The summed E-state index contributed by atoms with van der Waals surface area (Å²) in [6.07, 6.45) is 4.78. The molecule has 5 heteroatoms. The molecule has 1 saturated heterocycles. The molecule has 21 heavy (non-hydrogen) atoms. The fourth-order valence-electron chi connectivity index (χ4n) is 2.95. The van der Waals surface area contributed by atoms with E-state index in [1.54, 1.807) is 0 Å². The van der Waals surface area contributed by atoms with Crippen LogP contribution in [0.4, 0.5) is 0 Å². The molecular weight excluding hydrogens is 264 g/mol. The van der Waals surface area contributed by atoms with E-state index in [4.69, 9.17) is 0 Å². The molecule has 0 spiro atoms. The third-order valence-corrected chi connectivity index (χ3v) is 4.27. The zero-order valence-corrected chi connectivity index (χ0v) is 13.3. The van der Waals surface area contributed by atoms with Gasteiger partial charge in [-0.25, -0.2) is 0 Å². The molecule has 1 unspecified atom stereocenters. The summed E-state index contributed by atoms with van der Waals surface area (Å²) < 4.78 is 2.04. The molecule has 2 fully saturated rings. The monoisotopic (exact) mass is 290 g/mol. The normalized spacial score (nSPS) is 22.5. The summed E-state index contributed by atoms with van der Waals surface area (Å²) in [5.41, 5.74) is 1.69. The van der Waals surface area contributed by atoms with Crippen LogP contribution in [0.2, 0.25) is 0 Å². The van der Waals surface area contributed by atoms with E-state index < -0.39 is 0 Å². The van der Waals surface area contributed by atoms with Crippen LogP contribution in [-0.4, -0.2) is 34.8 Å². The summed E-state index contributed by atoms with van der Waals surface area (Å²) in [5.74, 6) is 0.545. The maximum Gasteiger partial charge on any atom is 0.271 e. The number of aromatic nitrogens is 2. The first-order valence-electron chi connectivity index (χ1n) is 8.07. The largest absolute Gasteiger partial charge is 0.349 e. The van der Waals surface area contributed by atoms with E-state index >= 15 is 0 Å². The molecule has 3 rings (SSSR count). The fourth-order valence-corrected chi connectivity index (χ4v) is 2.95. The van der Waals surface area contributed by atoms with E-state index in [9.17, 15) is 4.79 Å². The molecule has 1 atom stereocenters. The lowest BCUT2D eigenvalue weighted by Gasteiger charge is -2.22. The van der Waals surface area contributed by atoms with Gasteiger partial charge in [-0.15, -0.1) is 0 Å². The highest BCUT2D eigenvalue weighted by Gasteiger charge is 2.32. The molecule has 0 bridgehead atoms. The molecule has 116 valence electrons. The number of carbonyl (C=O) groups excluding carboxylic acids is 1. The van der Waals surface area contributed by atoms with E-state index in [1.165, 1.54) is 25.0 Å². The minimum Gasteiger partial charge on any atom is -0.349 e. The van der Waals surface area contributed by atoms with Gasteiger partial charge in [0.15, 0.2) is 0 Å². The number of hydrogen-bond donors (Lipinski definition) is 2. The van der Waals surface area contributed by atoms with Gasteiger partial charge in [-0.05, 0) is 59.1 Å². The van der Waals surface area contributed by atoms with Crippen molar-refractivity contribution in [2.75, 3.05) is 13.1 Å². The van der Waals surface area contributed by atoms with Gasteiger partial charge in [-0.1, -0.05) is 0 Å². The molecular formula is C16H26N4O. The zero-order valence-electron chi connectivity index (χ0n) is 13.3. The summed E-state index contributed by atoms with van der Waals surface area (Å²) in [5, 5.41) is 11.0. The van der Waals surface area contributed by atoms with Gasteiger partial charge in [0.2, 0.25) is 0 Å². The molecule has 2 aliphatic rings. The van der Waals surface area contributed by atoms with Crippen LogP contribution < -0.4 is 10.6 Å². The first kappa shape index (κ1) is 14.6. The van der Waals surface area contributed by atoms with Crippen molar-refractivity contribution in [3.63, 3.8) is 0 Å². The lowest BCUT2D eigenvalue weighted by atomic mass is 10.1. The van der Waals surface area contributed by atoms with Gasteiger partial charge in [-0.2, -0.15) is 5.10 Å². The number of nitrogens with zero attached hydrogens (tertiary/aromatic N) is 2. The van der Waals surface area contributed by atoms with Crippen LogP contribution in [0.15, 0.2) is 6.07 Å². The van der Waals surface area contributed by atoms with E-state index in [0.29, 0.717) is 24.2 Å². The third kappa shape index (κ3) is 3.28. The molecule has 1 aromatic rings. The Labute approximate surface area is 126 Å². The van der Waals surface area contributed by atoms with Gasteiger partial charge in [-0.3, -0.25) is 9.48 Å². The quantitative estimate of drug-likeness (QED) is 0.891. The van der Waals surface area contributed by atoms with Crippen molar-refractivity contribution < 1.29 is 4.79 Å². The molecule has 1 aromatic heterocycles. The third-order valence-electron chi connectivity index (χ3n) is 4.27. The lowest BCUT2D eigenvalue weighted by molar-refractivity contribution is 0.0943. The Morgan fingerprint density at radius 2 is 2.19 bits per heavy atom. The SMILES string of the molecule is CC(C)(C)n1nc(C(=O)NCC2CCCN2)cc1C1CC1. The Morgan fingerprint density at radius 1 is 1.43 bits per heavy atom. The average molecular weight is 290 g/mol. The van der Waals surface area contributed by atoms with Crippen molar-refractivity contribution in [3.8, 4) is 0 Å². The molecule has 1 aliphatic carbocycles. The lowest BCUT2D eigenvalue weighted by Crippen LogP contribution is -2.37. The molecule has 1 amide bonds. The van der Waals surface area contributed by atoms with Crippen molar-refractivity contribution in [2.45, 2.75) is 64.0 Å². The van der Waals surface area contributed by atoms with Crippen LogP contribution in [-0.2, 0) is 5.54 Å². The molecule has 1 aliphatic heterocycles. The second kappa shape index (κ2) is 5.44. The van der Waals surface area contributed by atoms with Crippen LogP contribution in [0.5, 0.6) is 0 Å². The Balaban J connectivity index is 1.70. The Morgan fingerprint density at radius 3 is 2.76 bits per heavy atom. The van der Waals surface area contributed by atoms with E-state index in [1.807, 2.05) is 10.7 Å². The number of carbonyl (C=O) groups is 1. The van der Waals surface area contributed by atoms with Crippen LogP contribution >= 0.6 is 0 Å². The first-order chi connectivity index (χ1) is 9.95. The maximum absolute atomic E-state index is 12.3. The topological polar surface area (TPSA) is 59.0 Å². The molecule has 0 aromatic carbocycles. The summed E-state index contributed by atoms with van der Waals surface area (Å²) in [4.78, 5) is 12.3. The van der Waals surface area contributed by atoms with Crippen LogP contribution in [0.1, 0.15) is 68.6 Å². The number of nitrogens with one attached hydrogen (secondary N) is 2. The fraction of sp³-hybridized carbons (Fsp3) is 0.750. The van der Waals surface area contributed by atoms with Crippen molar-refractivity contribution in [3.05, 3.63) is 17.5 Å². The van der Waals surface area contributed by atoms with Crippen LogP contribution in [0.25, 0.3) is 0 Å². The minimum atomic E-state index is -0.0799. The van der Waals surface area contributed by atoms with Gasteiger partial charge in [0, 0.05) is 24.2 Å². The summed E-state index contributed by atoms with van der Waals surface area (Å²) >= 11 is 0. The van der Waals surface area contributed by atoms with Crippen LogP contribution in [0.3, 0.4) is 0 Å². The molecule has 5 nitrogen and oxygen atoms in total. The minimum absolute atomic E-state index is 0.0476. The first-order valence-corrected chi connectivity index (χ1v) is 8.07. The highest BCUT2D eigenvalue weighted by Crippen LogP contribution is 2.41. The summed E-state index contributed by atoms with van der Waals surface area (Å²) in [6.45, 7) is 8.16. The van der Waals surface area contributed by atoms with Crippen molar-refractivity contribution in [1.82, 2.24) is 20.4 Å². The second-order valence-electron chi connectivity index (χ2n) is 7.31. The Bertz CT molecular complexity index is 519. The standard InChI is InChI=1S/C16H26N4O/c1-16(2,3)20-14(11-6-7-11)9-13(19-20)15(21)18-10-12-5-4-8-17-12/h9,11-12,17H,4-8,10H2,1-3H3,(H,18,21). The van der Waals surface area contributed by atoms with Crippen LogP contribution in [0, 0.1) is 0 Å². The average Bonchev–Trinajstić information content (AvgIpc) is 2.96. The second-order valence-corrected chi connectivity index (χ2v) is 7.31. The smallest absolute Gasteiger partial charge is 0.271 e. The van der Waals surface area contributed by atoms with Gasteiger partial charge < -0.3 is 10.6 Å². The summed E-state index contributed by atoms with van der Waals surface area (Å²) in [6, 6.07) is 2.40. The number of amides is 1. The van der Waals surface area contributed by atoms with Gasteiger partial charge in [0.25, 0.3) is 5.91 Å². The Hall–Kier alpha value is -1.36. The maximum atomic E-state index is 12.3. The van der Waals surface area contributed by atoms with Gasteiger partial charge in [0.05, 0.1) is 5.54 Å². The highest BCUT2D eigenvalue weighted by molar-refractivity contribution is 5.92. The molecule has 1 saturated carbocycles. The summed E-state index contributed by atoms with van der Waals surface area (Å²) in [7, 11) is 0. The highest BCUT2D eigenvalue weighted by atomic mass is 16.1. The number of hydrogen-bond acceptors (Lipinski definition) is 3. The molecule has 2 N–H and O–H groups in total. The molecule has 0 radical (unpaired) electrons. The molecule has 2 heterocycles. The Kier molecular flexibility index (Phi) is 3.78. The van der Waals surface area contributed by atoms with E-state index in [0.717, 1.165) is 13.0 Å². The zero-order chi connectivity index (χ0) is 15.0. The van der Waals surface area contributed by atoms with Crippen molar-refractivity contribution >= 4 is 5.91 Å². The van der Waals surface area contributed by atoms with E-state index in [2.05, 4.69) is 36.5 Å². The van der Waals surface area contributed by atoms with Gasteiger partial charge in [0.1, 0.15) is 5.69 Å². The predicted molar refractivity (Wildman–Crippen MR) is 82.6 cm³/mol. The van der Waals surface area contributed by atoms with Gasteiger partial charge >= 0.3 is 0 Å². The van der Waals surface area contributed by atoms with Crippen molar-refractivity contribution in [1.29, 1.82) is 0 Å². The number of rotatable bonds is 4. The van der Waals surface area contributed by atoms with E-state index in [-0.39, 0.29) is 11.4 Å². The predicted octanol–water partition coefficient (Wildman–Crippen LogP) is 2.00. The van der Waals surface area contributed by atoms with Crippen molar-refractivity contribution in [2.24, 2.45) is 0 Å².